The maximum atomic E-state index is 12.5. The Morgan fingerprint density at radius 1 is 1.24 bits per heavy atom. The second-order valence-electron chi connectivity index (χ2n) is 6.97. The molecule has 0 unspecified atom stereocenters. The highest BCUT2D eigenvalue weighted by Crippen LogP contribution is 2.28. The molecule has 1 aliphatic carbocycles. The van der Waals surface area contributed by atoms with Crippen molar-refractivity contribution in [1.82, 2.24) is 10.2 Å². The van der Waals surface area contributed by atoms with Crippen LogP contribution in [0.1, 0.15) is 42.5 Å². The summed E-state index contributed by atoms with van der Waals surface area (Å²) in [5.41, 5.74) is 6.02. The van der Waals surface area contributed by atoms with Crippen LogP contribution in [-0.2, 0) is 0 Å². The summed E-state index contributed by atoms with van der Waals surface area (Å²) in [5, 5.41) is 13.6. The van der Waals surface area contributed by atoms with Crippen LogP contribution in [0.2, 0.25) is 0 Å². The molecule has 3 atom stereocenters. The Kier molecular flexibility index (Phi) is 6.29. The molecule has 2 fully saturated rings. The Balaban J connectivity index is 1.51. The summed E-state index contributed by atoms with van der Waals surface area (Å²) in [4.78, 5) is 14.8. The maximum Gasteiger partial charge on any atom is 0.251 e. The van der Waals surface area contributed by atoms with Gasteiger partial charge in [-0.3, -0.25) is 9.69 Å². The van der Waals surface area contributed by atoms with E-state index < -0.39 is 6.10 Å². The molecule has 1 saturated heterocycles. The number of aliphatic hydroxyl groups excluding tert-OH is 1. The number of likely N-dealkylation sites (tertiary alicyclic amines) is 1. The second kappa shape index (κ2) is 8.65. The summed E-state index contributed by atoms with van der Waals surface area (Å²) >= 11 is 0. The van der Waals surface area contributed by atoms with Crippen molar-refractivity contribution in [3.63, 3.8) is 0 Å². The third-order valence-electron chi connectivity index (χ3n) is 5.24. The SMILES string of the molecule is NCCCOc1ccc(C(=O)N[C@@H]2CC[C@@H](N3CCCC3)[C@@H]2O)cc1. The summed E-state index contributed by atoms with van der Waals surface area (Å²) in [5.74, 6) is 0.597. The summed E-state index contributed by atoms with van der Waals surface area (Å²) in [6, 6.07) is 7.12. The molecular formula is C19H29N3O3. The first-order valence-corrected chi connectivity index (χ1v) is 9.35. The molecule has 3 rings (SSSR count). The Morgan fingerprint density at radius 2 is 1.96 bits per heavy atom. The number of nitrogens with two attached hydrogens (primary N) is 1. The van der Waals surface area contributed by atoms with Gasteiger partial charge in [0.25, 0.3) is 5.91 Å². The first kappa shape index (κ1) is 18.2. The second-order valence-corrected chi connectivity index (χ2v) is 6.97. The van der Waals surface area contributed by atoms with E-state index in [1.165, 1.54) is 12.8 Å². The maximum absolute atomic E-state index is 12.5. The van der Waals surface area contributed by atoms with Crippen molar-refractivity contribution in [3.8, 4) is 5.75 Å². The Morgan fingerprint density at radius 3 is 2.64 bits per heavy atom. The number of carbonyl (C=O) groups excluding carboxylic acids is 1. The fraction of sp³-hybridized carbons (Fsp3) is 0.632. The average molecular weight is 347 g/mol. The summed E-state index contributed by atoms with van der Waals surface area (Å²) in [6.07, 6.45) is 4.51. The molecule has 0 radical (unpaired) electrons. The van der Waals surface area contributed by atoms with Crippen LogP contribution in [0.5, 0.6) is 5.75 Å². The highest BCUT2D eigenvalue weighted by atomic mass is 16.5. The van der Waals surface area contributed by atoms with Crippen molar-refractivity contribution in [2.24, 2.45) is 5.73 Å². The molecule has 0 spiro atoms. The molecule has 6 heteroatoms. The molecule has 1 aliphatic heterocycles. The van der Waals surface area contributed by atoms with Gasteiger partial charge in [-0.15, -0.1) is 0 Å². The van der Waals surface area contributed by atoms with Crippen molar-refractivity contribution in [2.45, 2.75) is 50.3 Å². The van der Waals surface area contributed by atoms with Crippen LogP contribution in [0.4, 0.5) is 0 Å². The molecule has 1 heterocycles. The molecule has 4 N–H and O–H groups in total. The highest BCUT2D eigenvalue weighted by molar-refractivity contribution is 5.94. The lowest BCUT2D eigenvalue weighted by atomic mass is 10.1. The number of nitrogens with zero attached hydrogens (tertiary/aromatic N) is 1. The van der Waals surface area contributed by atoms with Crippen molar-refractivity contribution in [1.29, 1.82) is 0 Å². The number of carbonyl (C=O) groups is 1. The van der Waals surface area contributed by atoms with Gasteiger partial charge in [0.05, 0.1) is 18.8 Å². The fourth-order valence-electron chi connectivity index (χ4n) is 3.82. The minimum absolute atomic E-state index is 0.139. The van der Waals surface area contributed by atoms with Gasteiger partial charge >= 0.3 is 0 Å². The first-order valence-electron chi connectivity index (χ1n) is 9.35. The number of hydrogen-bond donors (Lipinski definition) is 3. The number of benzene rings is 1. The molecule has 2 aliphatic rings. The number of ether oxygens (including phenoxy) is 1. The van der Waals surface area contributed by atoms with E-state index in [0.29, 0.717) is 18.7 Å². The van der Waals surface area contributed by atoms with Gasteiger partial charge in [0.2, 0.25) is 0 Å². The minimum atomic E-state index is -0.485. The van der Waals surface area contributed by atoms with E-state index in [1.807, 2.05) is 0 Å². The Labute approximate surface area is 149 Å². The van der Waals surface area contributed by atoms with Crippen molar-refractivity contribution >= 4 is 5.91 Å². The van der Waals surface area contributed by atoms with Crippen LogP contribution in [0, 0.1) is 0 Å². The fourth-order valence-corrected chi connectivity index (χ4v) is 3.82. The molecule has 138 valence electrons. The van der Waals surface area contributed by atoms with Gasteiger partial charge in [-0.25, -0.2) is 0 Å². The Hall–Kier alpha value is -1.63. The van der Waals surface area contributed by atoms with Crippen molar-refractivity contribution in [2.75, 3.05) is 26.2 Å². The van der Waals surface area contributed by atoms with Crippen LogP contribution in [-0.4, -0.2) is 60.3 Å². The van der Waals surface area contributed by atoms with Crippen LogP contribution in [0.3, 0.4) is 0 Å². The monoisotopic (exact) mass is 347 g/mol. The summed E-state index contributed by atoms with van der Waals surface area (Å²) in [6.45, 7) is 3.30. The van der Waals surface area contributed by atoms with E-state index in [1.54, 1.807) is 24.3 Å². The van der Waals surface area contributed by atoms with E-state index in [0.717, 1.165) is 38.1 Å². The zero-order valence-electron chi connectivity index (χ0n) is 14.7. The van der Waals surface area contributed by atoms with E-state index in [4.69, 9.17) is 10.5 Å². The predicted octanol–water partition coefficient (Wildman–Crippen LogP) is 1.13. The number of aliphatic hydroxyl groups is 1. The van der Waals surface area contributed by atoms with E-state index in [-0.39, 0.29) is 18.0 Å². The topological polar surface area (TPSA) is 87.8 Å². The molecule has 1 aromatic carbocycles. The van der Waals surface area contributed by atoms with Crippen molar-refractivity contribution < 1.29 is 14.6 Å². The van der Waals surface area contributed by atoms with Crippen LogP contribution < -0.4 is 15.8 Å². The van der Waals surface area contributed by atoms with Gasteiger partial charge in [-0.2, -0.15) is 0 Å². The average Bonchev–Trinajstić information content (AvgIpc) is 3.26. The van der Waals surface area contributed by atoms with Gasteiger partial charge in [-0.05, 0) is 76.0 Å². The zero-order chi connectivity index (χ0) is 17.6. The predicted molar refractivity (Wildman–Crippen MR) is 96.7 cm³/mol. The number of rotatable bonds is 7. The standard InChI is InChI=1S/C19H29N3O3/c20-10-3-13-25-15-6-4-14(5-7-15)19(24)21-16-8-9-17(18(16)23)22-11-1-2-12-22/h4-7,16-18,23H,1-3,8-13,20H2,(H,21,24)/t16-,17-,18-/m1/s1. The lowest BCUT2D eigenvalue weighted by Gasteiger charge is -2.28. The minimum Gasteiger partial charge on any atom is -0.494 e. The third-order valence-corrected chi connectivity index (χ3v) is 5.24. The lowest BCUT2D eigenvalue weighted by molar-refractivity contribution is 0.0619. The zero-order valence-corrected chi connectivity index (χ0v) is 14.7. The molecule has 1 aromatic rings. The smallest absolute Gasteiger partial charge is 0.251 e. The lowest BCUT2D eigenvalue weighted by Crippen LogP contribution is -2.47. The number of nitrogens with one attached hydrogen (secondary N) is 1. The van der Waals surface area contributed by atoms with Gasteiger partial charge in [0.15, 0.2) is 0 Å². The van der Waals surface area contributed by atoms with E-state index in [9.17, 15) is 9.90 Å². The molecule has 0 aromatic heterocycles. The summed E-state index contributed by atoms with van der Waals surface area (Å²) in [7, 11) is 0. The first-order chi connectivity index (χ1) is 12.2. The summed E-state index contributed by atoms with van der Waals surface area (Å²) < 4.78 is 5.55. The van der Waals surface area contributed by atoms with Crippen LogP contribution in [0.25, 0.3) is 0 Å². The van der Waals surface area contributed by atoms with Crippen LogP contribution in [0.15, 0.2) is 24.3 Å². The van der Waals surface area contributed by atoms with Gasteiger partial charge in [0, 0.05) is 11.6 Å². The van der Waals surface area contributed by atoms with Gasteiger partial charge in [-0.1, -0.05) is 0 Å². The quantitative estimate of drug-likeness (QED) is 0.644. The number of hydrogen-bond acceptors (Lipinski definition) is 5. The van der Waals surface area contributed by atoms with E-state index in [2.05, 4.69) is 10.2 Å². The van der Waals surface area contributed by atoms with Crippen LogP contribution >= 0.6 is 0 Å². The van der Waals surface area contributed by atoms with Crippen molar-refractivity contribution in [3.05, 3.63) is 29.8 Å². The van der Waals surface area contributed by atoms with E-state index >= 15 is 0 Å². The normalized spacial score (nSPS) is 26.7. The van der Waals surface area contributed by atoms with Gasteiger partial charge in [0.1, 0.15) is 5.75 Å². The number of amides is 1. The third kappa shape index (κ3) is 4.51. The molecule has 6 nitrogen and oxygen atoms in total. The Bertz CT molecular complexity index is 558. The highest BCUT2D eigenvalue weighted by Gasteiger charge is 2.39. The molecule has 25 heavy (non-hydrogen) atoms. The van der Waals surface area contributed by atoms with Gasteiger partial charge < -0.3 is 20.9 Å². The largest absolute Gasteiger partial charge is 0.494 e. The molecule has 0 bridgehead atoms. The molecule has 1 amide bonds. The molecule has 1 saturated carbocycles. The molecular weight excluding hydrogens is 318 g/mol.